The standard InChI is InChI=1S/C6H9N3O3/c1-4(2)6(11)12-3-5(10)8-9-7/h5,10H,1,3H2,2H3. The van der Waals surface area contributed by atoms with Crippen LogP contribution >= 0.6 is 0 Å². The van der Waals surface area contributed by atoms with E-state index in [0.29, 0.717) is 0 Å². The van der Waals surface area contributed by atoms with Gasteiger partial charge in [-0.3, -0.25) is 0 Å². The highest BCUT2D eigenvalue weighted by Gasteiger charge is 2.06. The minimum Gasteiger partial charge on any atom is -0.459 e. The zero-order valence-corrected chi connectivity index (χ0v) is 6.60. The van der Waals surface area contributed by atoms with Crippen LogP contribution in [0, 0.1) is 0 Å². The second kappa shape index (κ2) is 5.17. The van der Waals surface area contributed by atoms with Crippen molar-refractivity contribution in [2.24, 2.45) is 5.11 Å². The molecule has 0 rings (SSSR count). The fourth-order valence-electron chi connectivity index (χ4n) is 0.366. The van der Waals surface area contributed by atoms with E-state index in [1.807, 2.05) is 0 Å². The first-order chi connectivity index (χ1) is 5.57. The first-order valence-corrected chi connectivity index (χ1v) is 3.13. The molecule has 0 aliphatic heterocycles. The van der Waals surface area contributed by atoms with Crippen LogP contribution in [-0.2, 0) is 9.53 Å². The van der Waals surface area contributed by atoms with Gasteiger partial charge in [0.1, 0.15) is 6.61 Å². The quantitative estimate of drug-likeness (QED) is 0.222. The molecule has 0 aromatic heterocycles. The molecule has 0 aliphatic carbocycles. The molecule has 0 aromatic rings. The second-order valence-corrected chi connectivity index (χ2v) is 2.06. The van der Waals surface area contributed by atoms with Gasteiger partial charge in [-0.2, -0.15) is 0 Å². The minimum absolute atomic E-state index is 0.225. The van der Waals surface area contributed by atoms with E-state index in [9.17, 15) is 4.79 Å². The Bertz CT molecular complexity index is 232. The van der Waals surface area contributed by atoms with Gasteiger partial charge in [0.2, 0.25) is 0 Å². The topological polar surface area (TPSA) is 95.3 Å². The molecule has 0 spiro atoms. The SMILES string of the molecule is C=C(C)C(=O)OCC(O)N=[N+]=[N-]. The van der Waals surface area contributed by atoms with E-state index in [-0.39, 0.29) is 12.2 Å². The number of ether oxygens (including phenoxy) is 1. The largest absolute Gasteiger partial charge is 0.459 e. The lowest BCUT2D eigenvalue weighted by molar-refractivity contribution is -0.141. The molecule has 66 valence electrons. The third-order valence-corrected chi connectivity index (χ3v) is 0.897. The maximum Gasteiger partial charge on any atom is 0.333 e. The molecule has 1 N–H and O–H groups in total. The first-order valence-electron chi connectivity index (χ1n) is 3.13. The monoisotopic (exact) mass is 171 g/mol. The van der Waals surface area contributed by atoms with Crippen molar-refractivity contribution < 1.29 is 14.6 Å². The zero-order chi connectivity index (χ0) is 9.56. The maximum atomic E-state index is 10.7. The Morgan fingerprint density at radius 3 is 2.92 bits per heavy atom. The van der Waals surface area contributed by atoms with Gasteiger partial charge in [0.05, 0.1) is 0 Å². The third-order valence-electron chi connectivity index (χ3n) is 0.897. The van der Waals surface area contributed by atoms with Crippen LogP contribution in [0.4, 0.5) is 0 Å². The van der Waals surface area contributed by atoms with Crippen LogP contribution in [-0.4, -0.2) is 23.9 Å². The molecule has 6 heteroatoms. The van der Waals surface area contributed by atoms with Crippen LogP contribution < -0.4 is 0 Å². The summed E-state index contributed by atoms with van der Waals surface area (Å²) >= 11 is 0. The molecule has 1 unspecified atom stereocenters. The summed E-state index contributed by atoms with van der Waals surface area (Å²) in [5, 5.41) is 11.6. The van der Waals surface area contributed by atoms with E-state index in [4.69, 9.17) is 10.6 Å². The lowest BCUT2D eigenvalue weighted by atomic mass is 10.4. The molecule has 12 heavy (non-hydrogen) atoms. The van der Waals surface area contributed by atoms with Crippen molar-refractivity contribution >= 4 is 5.97 Å². The molecule has 6 nitrogen and oxygen atoms in total. The van der Waals surface area contributed by atoms with Crippen molar-refractivity contribution in [3.8, 4) is 0 Å². The Kier molecular flexibility index (Phi) is 4.52. The lowest BCUT2D eigenvalue weighted by Gasteiger charge is -2.04. The minimum atomic E-state index is -1.33. The van der Waals surface area contributed by atoms with Crippen molar-refractivity contribution in [3.63, 3.8) is 0 Å². The normalized spacial score (nSPS) is 11.2. The highest BCUT2D eigenvalue weighted by Crippen LogP contribution is 1.94. The number of hydrogen-bond donors (Lipinski definition) is 1. The third kappa shape index (κ3) is 4.32. The van der Waals surface area contributed by atoms with E-state index < -0.39 is 12.2 Å². The van der Waals surface area contributed by atoms with Gasteiger partial charge in [0, 0.05) is 10.5 Å². The van der Waals surface area contributed by atoms with Crippen LogP contribution in [0.1, 0.15) is 6.92 Å². The van der Waals surface area contributed by atoms with E-state index >= 15 is 0 Å². The van der Waals surface area contributed by atoms with Gasteiger partial charge < -0.3 is 9.84 Å². The number of carbonyl (C=O) groups excluding carboxylic acids is 1. The fraction of sp³-hybridized carbons (Fsp3) is 0.500. The van der Waals surface area contributed by atoms with E-state index in [2.05, 4.69) is 21.3 Å². The molecule has 0 heterocycles. The number of hydrogen-bond acceptors (Lipinski definition) is 4. The Morgan fingerprint density at radius 1 is 1.92 bits per heavy atom. The molecular formula is C6H9N3O3. The predicted octanol–water partition coefficient (Wildman–Crippen LogP) is 0.734. The van der Waals surface area contributed by atoms with E-state index in [1.54, 1.807) is 0 Å². The number of nitrogens with zero attached hydrogens (tertiary/aromatic N) is 3. The summed E-state index contributed by atoms with van der Waals surface area (Å²) in [7, 11) is 0. The van der Waals surface area contributed by atoms with E-state index in [0.717, 1.165) is 0 Å². The second-order valence-electron chi connectivity index (χ2n) is 2.06. The Morgan fingerprint density at radius 2 is 2.50 bits per heavy atom. The smallest absolute Gasteiger partial charge is 0.333 e. The van der Waals surface area contributed by atoms with Crippen LogP contribution in [0.25, 0.3) is 10.4 Å². The van der Waals surface area contributed by atoms with Crippen molar-refractivity contribution in [1.82, 2.24) is 0 Å². The van der Waals surface area contributed by atoms with Crippen LogP contribution in [0.2, 0.25) is 0 Å². The molecule has 0 saturated heterocycles. The highest BCUT2D eigenvalue weighted by atomic mass is 16.5. The van der Waals surface area contributed by atoms with Crippen LogP contribution in [0.3, 0.4) is 0 Å². The van der Waals surface area contributed by atoms with Gasteiger partial charge >= 0.3 is 5.97 Å². The molecule has 0 aliphatic rings. The summed E-state index contributed by atoms with van der Waals surface area (Å²) in [5.41, 5.74) is 8.08. The Labute approximate surface area is 69.1 Å². The molecule has 0 aromatic carbocycles. The van der Waals surface area contributed by atoms with Crippen molar-refractivity contribution in [1.29, 1.82) is 0 Å². The van der Waals surface area contributed by atoms with Crippen molar-refractivity contribution in [2.45, 2.75) is 13.2 Å². The molecule has 0 amide bonds. The molecule has 0 bridgehead atoms. The molecule has 0 fully saturated rings. The first kappa shape index (κ1) is 10.5. The average molecular weight is 171 g/mol. The summed E-state index contributed by atoms with van der Waals surface area (Å²) in [6, 6.07) is 0. The summed E-state index contributed by atoms with van der Waals surface area (Å²) in [6.07, 6.45) is -1.33. The van der Waals surface area contributed by atoms with Crippen molar-refractivity contribution in [2.75, 3.05) is 6.61 Å². The predicted molar refractivity (Wildman–Crippen MR) is 40.9 cm³/mol. The Balaban J connectivity index is 3.75. The number of carbonyl (C=O) groups is 1. The van der Waals surface area contributed by atoms with Crippen molar-refractivity contribution in [3.05, 3.63) is 22.6 Å². The van der Waals surface area contributed by atoms with Gasteiger partial charge in [0.25, 0.3) is 0 Å². The molecule has 1 atom stereocenters. The fourth-order valence-corrected chi connectivity index (χ4v) is 0.366. The number of azide groups is 1. The summed E-state index contributed by atoms with van der Waals surface area (Å²) in [5.74, 6) is -0.623. The van der Waals surface area contributed by atoms with Gasteiger partial charge in [-0.1, -0.05) is 11.7 Å². The number of esters is 1. The number of rotatable bonds is 4. The van der Waals surface area contributed by atoms with Gasteiger partial charge in [-0.15, -0.1) is 0 Å². The molecule has 0 saturated carbocycles. The lowest BCUT2D eigenvalue weighted by Crippen LogP contribution is -2.16. The molecule has 0 radical (unpaired) electrons. The van der Waals surface area contributed by atoms with Crippen LogP contribution in [0.15, 0.2) is 17.3 Å². The highest BCUT2D eigenvalue weighted by molar-refractivity contribution is 5.86. The summed E-state index contributed by atoms with van der Waals surface area (Å²) in [6.45, 7) is 4.44. The average Bonchev–Trinajstić information content (AvgIpc) is 2.00. The van der Waals surface area contributed by atoms with Crippen LogP contribution in [0.5, 0.6) is 0 Å². The van der Waals surface area contributed by atoms with Gasteiger partial charge in [-0.25, -0.2) is 4.79 Å². The zero-order valence-electron chi connectivity index (χ0n) is 6.60. The van der Waals surface area contributed by atoms with Gasteiger partial charge in [-0.05, 0) is 12.5 Å². The number of aliphatic hydroxyl groups is 1. The molecular weight excluding hydrogens is 162 g/mol. The maximum absolute atomic E-state index is 10.7. The van der Waals surface area contributed by atoms with E-state index in [1.165, 1.54) is 6.92 Å². The Hall–Kier alpha value is -1.52. The number of aliphatic hydroxyl groups excluding tert-OH is 1. The van der Waals surface area contributed by atoms with Gasteiger partial charge in [0.15, 0.2) is 6.23 Å². The summed E-state index contributed by atoms with van der Waals surface area (Å²) < 4.78 is 4.46. The summed E-state index contributed by atoms with van der Waals surface area (Å²) in [4.78, 5) is 13.0.